The molecule has 0 saturated heterocycles. The van der Waals surface area contributed by atoms with Gasteiger partial charge in [0.15, 0.2) is 0 Å². The Morgan fingerprint density at radius 3 is 2.62 bits per heavy atom. The standard InChI is InChI=1S/C19H18N2/c1-13-11-18(15-9-5-6-10-17(15)20-13)21-19-12-16(19)14-7-3-2-4-8-14/h2-11,16,19H,12H2,1H3,(H,20,21). The first-order valence-corrected chi connectivity index (χ1v) is 7.49. The van der Waals surface area contributed by atoms with Crippen molar-refractivity contribution in [2.24, 2.45) is 0 Å². The summed E-state index contributed by atoms with van der Waals surface area (Å²) >= 11 is 0. The number of fused-ring (bicyclic) bond motifs is 1. The van der Waals surface area contributed by atoms with Crippen molar-refractivity contribution in [2.75, 3.05) is 5.32 Å². The monoisotopic (exact) mass is 274 g/mol. The molecule has 0 amide bonds. The molecule has 1 aromatic heterocycles. The predicted molar refractivity (Wildman–Crippen MR) is 87.7 cm³/mol. The van der Waals surface area contributed by atoms with Crippen LogP contribution < -0.4 is 5.32 Å². The summed E-state index contributed by atoms with van der Waals surface area (Å²) in [5, 5.41) is 4.92. The van der Waals surface area contributed by atoms with Gasteiger partial charge >= 0.3 is 0 Å². The van der Waals surface area contributed by atoms with E-state index in [0.29, 0.717) is 12.0 Å². The van der Waals surface area contributed by atoms with Crippen molar-refractivity contribution in [2.45, 2.75) is 25.3 Å². The second-order valence-electron chi connectivity index (χ2n) is 5.83. The van der Waals surface area contributed by atoms with E-state index in [0.717, 1.165) is 11.2 Å². The highest BCUT2D eigenvalue weighted by molar-refractivity contribution is 5.91. The topological polar surface area (TPSA) is 24.9 Å². The second-order valence-corrected chi connectivity index (χ2v) is 5.83. The Balaban J connectivity index is 1.62. The summed E-state index contributed by atoms with van der Waals surface area (Å²) in [6.07, 6.45) is 1.21. The molecule has 1 heterocycles. The number of hydrogen-bond acceptors (Lipinski definition) is 2. The van der Waals surface area contributed by atoms with Gasteiger partial charge in [0.25, 0.3) is 0 Å². The van der Waals surface area contributed by atoms with Gasteiger partial charge in [0.2, 0.25) is 0 Å². The minimum Gasteiger partial charge on any atom is -0.381 e. The number of nitrogens with one attached hydrogen (secondary N) is 1. The minimum absolute atomic E-state index is 0.539. The van der Waals surface area contributed by atoms with Crippen LogP contribution in [0.15, 0.2) is 60.7 Å². The van der Waals surface area contributed by atoms with Crippen molar-refractivity contribution in [1.82, 2.24) is 4.98 Å². The molecule has 3 aromatic rings. The molecule has 1 aliphatic carbocycles. The molecular weight excluding hydrogens is 256 g/mol. The Bertz CT molecular complexity index is 780. The van der Waals surface area contributed by atoms with Crippen LogP contribution in [-0.2, 0) is 0 Å². The normalized spacial score (nSPS) is 20.4. The van der Waals surface area contributed by atoms with Gasteiger partial charge in [-0.15, -0.1) is 0 Å². The molecular formula is C19H18N2. The summed E-state index contributed by atoms with van der Waals surface area (Å²) in [6, 6.07) is 21.8. The Hall–Kier alpha value is -2.35. The Morgan fingerprint density at radius 2 is 1.76 bits per heavy atom. The lowest BCUT2D eigenvalue weighted by Gasteiger charge is -2.10. The molecule has 2 heteroatoms. The van der Waals surface area contributed by atoms with Gasteiger partial charge in [-0.2, -0.15) is 0 Å². The lowest BCUT2D eigenvalue weighted by atomic mass is 10.1. The van der Waals surface area contributed by atoms with Gasteiger partial charge in [-0.05, 0) is 31.0 Å². The molecule has 21 heavy (non-hydrogen) atoms. The van der Waals surface area contributed by atoms with Crippen molar-refractivity contribution in [1.29, 1.82) is 0 Å². The number of benzene rings is 2. The number of hydrogen-bond donors (Lipinski definition) is 1. The number of pyridine rings is 1. The SMILES string of the molecule is Cc1cc(NC2CC2c2ccccc2)c2ccccc2n1. The van der Waals surface area contributed by atoms with Crippen LogP contribution in [0.25, 0.3) is 10.9 Å². The third-order valence-electron chi connectivity index (χ3n) is 4.20. The molecule has 2 atom stereocenters. The van der Waals surface area contributed by atoms with Crippen LogP contribution in [0.3, 0.4) is 0 Å². The molecule has 2 unspecified atom stereocenters. The molecule has 0 radical (unpaired) electrons. The third kappa shape index (κ3) is 2.38. The van der Waals surface area contributed by atoms with Crippen molar-refractivity contribution in [3.05, 3.63) is 71.9 Å². The van der Waals surface area contributed by atoms with E-state index in [2.05, 4.69) is 71.8 Å². The molecule has 0 spiro atoms. The van der Waals surface area contributed by atoms with Gasteiger partial charge in [-0.3, -0.25) is 4.98 Å². The van der Waals surface area contributed by atoms with Gasteiger partial charge < -0.3 is 5.32 Å². The highest BCUT2D eigenvalue weighted by Gasteiger charge is 2.38. The summed E-state index contributed by atoms with van der Waals surface area (Å²) in [5.74, 6) is 0.637. The molecule has 1 N–H and O–H groups in total. The molecule has 4 rings (SSSR count). The van der Waals surface area contributed by atoms with Crippen LogP contribution in [-0.4, -0.2) is 11.0 Å². The molecule has 2 aromatic carbocycles. The molecule has 1 saturated carbocycles. The average Bonchev–Trinajstić information content (AvgIpc) is 3.27. The molecule has 0 aliphatic heterocycles. The first-order valence-electron chi connectivity index (χ1n) is 7.49. The highest BCUT2D eigenvalue weighted by Crippen LogP contribution is 2.43. The Kier molecular flexibility index (Phi) is 2.88. The van der Waals surface area contributed by atoms with E-state index < -0.39 is 0 Å². The first-order chi connectivity index (χ1) is 10.3. The van der Waals surface area contributed by atoms with Gasteiger partial charge in [0, 0.05) is 28.7 Å². The largest absolute Gasteiger partial charge is 0.381 e. The van der Waals surface area contributed by atoms with Crippen LogP contribution in [0.2, 0.25) is 0 Å². The lowest BCUT2D eigenvalue weighted by Crippen LogP contribution is -2.05. The zero-order valence-electron chi connectivity index (χ0n) is 12.1. The highest BCUT2D eigenvalue weighted by atomic mass is 15.0. The summed E-state index contributed by atoms with van der Waals surface area (Å²) in [7, 11) is 0. The average molecular weight is 274 g/mol. The summed E-state index contributed by atoms with van der Waals surface area (Å²) < 4.78 is 0. The van der Waals surface area contributed by atoms with Crippen molar-refractivity contribution in [3.8, 4) is 0 Å². The van der Waals surface area contributed by atoms with Crippen LogP contribution in [0.5, 0.6) is 0 Å². The fourth-order valence-corrected chi connectivity index (χ4v) is 3.05. The second kappa shape index (κ2) is 4.88. The van der Waals surface area contributed by atoms with Crippen LogP contribution in [0, 0.1) is 6.92 Å². The predicted octanol–water partition coefficient (Wildman–Crippen LogP) is 4.51. The maximum atomic E-state index is 4.60. The summed E-state index contributed by atoms with van der Waals surface area (Å²) in [5.41, 5.74) is 4.77. The number of para-hydroxylation sites is 1. The van der Waals surface area contributed by atoms with Gasteiger partial charge in [-0.25, -0.2) is 0 Å². The van der Waals surface area contributed by atoms with E-state index in [4.69, 9.17) is 0 Å². The van der Waals surface area contributed by atoms with E-state index >= 15 is 0 Å². The zero-order valence-corrected chi connectivity index (χ0v) is 12.1. The number of nitrogens with zero attached hydrogens (tertiary/aromatic N) is 1. The molecule has 104 valence electrons. The summed E-state index contributed by atoms with van der Waals surface area (Å²) in [6.45, 7) is 2.05. The van der Waals surface area contributed by atoms with Crippen LogP contribution >= 0.6 is 0 Å². The van der Waals surface area contributed by atoms with E-state index in [-0.39, 0.29) is 0 Å². The lowest BCUT2D eigenvalue weighted by molar-refractivity contribution is 1.05. The maximum absolute atomic E-state index is 4.60. The number of aromatic nitrogens is 1. The quantitative estimate of drug-likeness (QED) is 0.760. The van der Waals surface area contributed by atoms with E-state index in [9.17, 15) is 0 Å². The van der Waals surface area contributed by atoms with Crippen LogP contribution in [0.1, 0.15) is 23.6 Å². The number of aryl methyl sites for hydroxylation is 1. The molecule has 1 aliphatic rings. The maximum Gasteiger partial charge on any atom is 0.0725 e. The van der Waals surface area contributed by atoms with Crippen LogP contribution in [0.4, 0.5) is 5.69 Å². The van der Waals surface area contributed by atoms with Gasteiger partial charge in [0.05, 0.1) is 5.52 Å². The molecule has 1 fully saturated rings. The van der Waals surface area contributed by atoms with Gasteiger partial charge in [-0.1, -0.05) is 48.5 Å². The van der Waals surface area contributed by atoms with Crippen molar-refractivity contribution >= 4 is 16.6 Å². The Morgan fingerprint density at radius 1 is 1.00 bits per heavy atom. The number of anilines is 1. The fourth-order valence-electron chi connectivity index (χ4n) is 3.05. The van der Waals surface area contributed by atoms with E-state index in [1.54, 1.807) is 0 Å². The summed E-state index contributed by atoms with van der Waals surface area (Å²) in [4.78, 5) is 4.60. The fraction of sp³-hybridized carbons (Fsp3) is 0.211. The zero-order chi connectivity index (χ0) is 14.2. The molecule has 0 bridgehead atoms. The smallest absolute Gasteiger partial charge is 0.0725 e. The molecule has 2 nitrogen and oxygen atoms in total. The van der Waals surface area contributed by atoms with Crippen molar-refractivity contribution in [3.63, 3.8) is 0 Å². The van der Waals surface area contributed by atoms with E-state index in [1.807, 2.05) is 6.07 Å². The van der Waals surface area contributed by atoms with Gasteiger partial charge in [0.1, 0.15) is 0 Å². The Labute approximate surface area is 124 Å². The van der Waals surface area contributed by atoms with Crippen molar-refractivity contribution < 1.29 is 0 Å². The van der Waals surface area contributed by atoms with E-state index in [1.165, 1.54) is 23.1 Å². The first kappa shape index (κ1) is 12.4. The minimum atomic E-state index is 0.539. The number of rotatable bonds is 3. The third-order valence-corrected chi connectivity index (χ3v) is 4.20.